The van der Waals surface area contributed by atoms with Crippen LogP contribution in [0.3, 0.4) is 0 Å². The highest BCUT2D eigenvalue weighted by Crippen LogP contribution is 1.59. The first-order valence-electron chi connectivity index (χ1n) is 4.80. The average molecular weight is 260 g/mol. The van der Waals surface area contributed by atoms with Gasteiger partial charge in [-0.2, -0.15) is 8.42 Å². The molecule has 0 aliphatic rings. The van der Waals surface area contributed by atoms with Crippen LogP contribution in [0.15, 0.2) is 0 Å². The molecule has 0 bridgehead atoms. The molecule has 6 nitrogen and oxygen atoms in total. The highest BCUT2D eigenvalue weighted by atomic mass is 32.3. The third-order valence-corrected chi connectivity index (χ3v) is 0. The molecule has 2 N–H and O–H groups in total. The summed E-state index contributed by atoms with van der Waals surface area (Å²) in [5, 5.41) is 0. The molecular weight excluding hydrogens is 232 g/mol. The lowest BCUT2D eigenvalue weighted by Crippen LogP contribution is -1.99. The van der Waals surface area contributed by atoms with E-state index in [9.17, 15) is 0 Å². The Morgan fingerprint density at radius 1 is 0.812 bits per heavy atom. The summed E-state index contributed by atoms with van der Waals surface area (Å²) in [7, 11) is 7.33. The Hall–Kier alpha value is -0.210. The van der Waals surface area contributed by atoms with E-state index in [-0.39, 0.29) is 0 Å². The van der Waals surface area contributed by atoms with Crippen molar-refractivity contribution in [1.29, 1.82) is 0 Å². The van der Waals surface area contributed by atoms with Crippen molar-refractivity contribution in [3.05, 3.63) is 0 Å². The minimum atomic E-state index is -4.67. The van der Waals surface area contributed by atoms with Gasteiger partial charge in [-0.1, -0.05) is 20.3 Å². The van der Waals surface area contributed by atoms with Gasteiger partial charge >= 0.3 is 10.4 Å². The number of nitrogens with zero attached hydrogens (tertiary/aromatic N) is 2. The standard InChI is InChI=1S/2C3H9N.C3H8.H2O4S/c2*1-4(2)3;1-3-2;1-5(2,3)4/h2*1-3H3;3H2,1-2H3;(H2,1,2,3,4). The maximum absolute atomic E-state index is 8.74. The highest BCUT2D eigenvalue weighted by Gasteiger charge is 1.84. The van der Waals surface area contributed by atoms with E-state index in [1.165, 1.54) is 6.42 Å². The maximum atomic E-state index is 8.74. The van der Waals surface area contributed by atoms with Crippen LogP contribution in [0.5, 0.6) is 0 Å². The van der Waals surface area contributed by atoms with E-state index < -0.39 is 10.4 Å². The van der Waals surface area contributed by atoms with Crippen molar-refractivity contribution in [2.24, 2.45) is 0 Å². The summed E-state index contributed by atoms with van der Waals surface area (Å²) in [5.41, 5.74) is 0. The summed E-state index contributed by atoms with van der Waals surface area (Å²) in [5.74, 6) is 0. The Labute approximate surface area is 101 Å². The second-order valence-corrected chi connectivity index (χ2v) is 4.73. The molecule has 7 heteroatoms. The third-order valence-electron chi connectivity index (χ3n) is 0. The smallest absolute Gasteiger partial charge is 0.312 e. The molecule has 0 rings (SSSR count). The predicted octanol–water partition coefficient (Wildman–Crippen LogP) is 1.12. The van der Waals surface area contributed by atoms with Crippen LogP contribution in [0, 0.1) is 0 Å². The normalized spacial score (nSPS) is 9.25. The molecule has 0 fully saturated rings. The predicted molar refractivity (Wildman–Crippen MR) is 69.4 cm³/mol. The Kier molecular flexibility index (Phi) is 26.7. The first-order chi connectivity index (χ1) is 6.88. The van der Waals surface area contributed by atoms with E-state index in [2.05, 4.69) is 13.8 Å². The average Bonchev–Trinajstić information content (AvgIpc) is 1.78. The first-order valence-corrected chi connectivity index (χ1v) is 6.19. The van der Waals surface area contributed by atoms with Gasteiger partial charge in [0.2, 0.25) is 0 Å². The molecule has 0 aromatic heterocycles. The van der Waals surface area contributed by atoms with Gasteiger partial charge in [-0.25, -0.2) is 0 Å². The fourth-order valence-electron chi connectivity index (χ4n) is 0. The molecule has 16 heavy (non-hydrogen) atoms. The van der Waals surface area contributed by atoms with Gasteiger partial charge in [0.1, 0.15) is 0 Å². The zero-order valence-corrected chi connectivity index (χ0v) is 12.5. The molecule has 0 radical (unpaired) electrons. The van der Waals surface area contributed by atoms with Crippen LogP contribution >= 0.6 is 0 Å². The molecule has 0 spiro atoms. The van der Waals surface area contributed by atoms with Crippen molar-refractivity contribution >= 4 is 10.4 Å². The summed E-state index contributed by atoms with van der Waals surface area (Å²) in [6.45, 7) is 4.25. The van der Waals surface area contributed by atoms with Gasteiger partial charge in [0.05, 0.1) is 0 Å². The molecule has 0 unspecified atom stereocenters. The summed E-state index contributed by atoms with van der Waals surface area (Å²) >= 11 is 0. The second kappa shape index (κ2) is 17.2. The van der Waals surface area contributed by atoms with E-state index in [1.54, 1.807) is 0 Å². The molecule has 0 aromatic rings. The van der Waals surface area contributed by atoms with Gasteiger partial charge in [-0.3, -0.25) is 9.11 Å². The van der Waals surface area contributed by atoms with Gasteiger partial charge in [0.15, 0.2) is 0 Å². The Balaban J connectivity index is -0.0000000610. The molecule has 0 heterocycles. The highest BCUT2D eigenvalue weighted by molar-refractivity contribution is 7.79. The van der Waals surface area contributed by atoms with Gasteiger partial charge < -0.3 is 9.80 Å². The van der Waals surface area contributed by atoms with E-state index in [1.807, 2.05) is 52.1 Å². The van der Waals surface area contributed by atoms with E-state index in [0.29, 0.717) is 0 Å². The van der Waals surface area contributed by atoms with Crippen molar-refractivity contribution in [2.75, 3.05) is 42.3 Å². The van der Waals surface area contributed by atoms with E-state index >= 15 is 0 Å². The molecule has 104 valence electrons. The van der Waals surface area contributed by atoms with Crippen LogP contribution in [-0.4, -0.2) is 69.6 Å². The maximum Gasteiger partial charge on any atom is 0.394 e. The monoisotopic (exact) mass is 260 g/mol. The molecule has 0 aliphatic heterocycles. The quantitative estimate of drug-likeness (QED) is 0.635. The van der Waals surface area contributed by atoms with Crippen molar-refractivity contribution in [2.45, 2.75) is 20.3 Å². The first kappa shape index (κ1) is 24.8. The van der Waals surface area contributed by atoms with Gasteiger partial charge in [-0.15, -0.1) is 0 Å². The molecule has 0 atom stereocenters. The minimum Gasteiger partial charge on any atom is -0.312 e. The van der Waals surface area contributed by atoms with Crippen LogP contribution in [0.1, 0.15) is 20.3 Å². The summed E-state index contributed by atoms with van der Waals surface area (Å²) in [6.07, 6.45) is 1.25. The largest absolute Gasteiger partial charge is 0.394 e. The van der Waals surface area contributed by atoms with Crippen molar-refractivity contribution < 1.29 is 17.5 Å². The van der Waals surface area contributed by atoms with Gasteiger partial charge in [-0.05, 0) is 42.3 Å². The Morgan fingerprint density at radius 3 is 0.812 bits per heavy atom. The van der Waals surface area contributed by atoms with Crippen LogP contribution < -0.4 is 0 Å². The zero-order valence-electron chi connectivity index (χ0n) is 11.7. The molecule has 0 aromatic carbocycles. The SMILES string of the molecule is CCC.CN(C)C.CN(C)C.O=S(=O)(O)O. The zero-order chi connectivity index (χ0) is 14.4. The summed E-state index contributed by atoms with van der Waals surface area (Å²) in [6, 6.07) is 0. The van der Waals surface area contributed by atoms with Crippen molar-refractivity contribution in [1.82, 2.24) is 9.80 Å². The molecule has 0 aliphatic carbocycles. The van der Waals surface area contributed by atoms with Gasteiger partial charge in [0, 0.05) is 0 Å². The van der Waals surface area contributed by atoms with Gasteiger partial charge in [0.25, 0.3) is 0 Å². The van der Waals surface area contributed by atoms with Crippen LogP contribution in [0.4, 0.5) is 0 Å². The molecule has 0 saturated carbocycles. The summed E-state index contributed by atoms with van der Waals surface area (Å²) < 4.78 is 31.6. The lowest BCUT2D eigenvalue weighted by atomic mass is 10.6. The fourth-order valence-corrected chi connectivity index (χ4v) is 0. The third kappa shape index (κ3) is 51200. The lowest BCUT2D eigenvalue weighted by Gasteiger charge is -1.90. The lowest BCUT2D eigenvalue weighted by molar-refractivity contribution is 0.381. The minimum absolute atomic E-state index is 1.25. The van der Waals surface area contributed by atoms with E-state index in [0.717, 1.165) is 0 Å². The fraction of sp³-hybridized carbons (Fsp3) is 1.00. The van der Waals surface area contributed by atoms with Crippen molar-refractivity contribution in [3.8, 4) is 0 Å². The number of hydrogen-bond donors (Lipinski definition) is 2. The second-order valence-electron chi connectivity index (χ2n) is 3.84. The van der Waals surface area contributed by atoms with Crippen LogP contribution in [-0.2, 0) is 10.4 Å². The van der Waals surface area contributed by atoms with E-state index in [4.69, 9.17) is 17.5 Å². The van der Waals surface area contributed by atoms with Crippen LogP contribution in [0.2, 0.25) is 0 Å². The Bertz CT molecular complexity index is 172. The topological polar surface area (TPSA) is 81.1 Å². The number of rotatable bonds is 0. The summed E-state index contributed by atoms with van der Waals surface area (Å²) in [4.78, 5) is 4.00. The number of hydrogen-bond acceptors (Lipinski definition) is 4. The van der Waals surface area contributed by atoms with Crippen LogP contribution in [0.25, 0.3) is 0 Å². The Morgan fingerprint density at radius 2 is 0.812 bits per heavy atom. The molecule has 0 amide bonds. The van der Waals surface area contributed by atoms with Crippen molar-refractivity contribution in [3.63, 3.8) is 0 Å². The molecule has 0 saturated heterocycles. The molecular formula is C9H28N2O4S.